The average Bonchev–Trinajstić information content (AvgIpc) is 2.37. The van der Waals surface area contributed by atoms with E-state index in [1.807, 2.05) is 0 Å². The Bertz CT molecular complexity index is 664. The number of aromatic nitrogens is 1. The summed E-state index contributed by atoms with van der Waals surface area (Å²) >= 11 is 0. The maximum atomic E-state index is 13.8. The molecule has 2 nitrogen and oxygen atoms in total. The molecule has 0 N–H and O–H groups in total. The molecule has 0 spiro atoms. The van der Waals surface area contributed by atoms with Crippen molar-refractivity contribution in [2.45, 2.75) is 13.1 Å². The summed E-state index contributed by atoms with van der Waals surface area (Å²) in [6.07, 6.45) is -4.60. The molecule has 0 fully saturated rings. The number of carbonyl (C=O) groups excluding carboxylic acids is 1. The lowest BCUT2D eigenvalue weighted by atomic mass is 10.1. The molecule has 0 bridgehead atoms. The van der Waals surface area contributed by atoms with E-state index < -0.39 is 17.6 Å². The Morgan fingerprint density at radius 2 is 1.85 bits per heavy atom. The van der Waals surface area contributed by atoms with E-state index in [9.17, 15) is 22.4 Å². The van der Waals surface area contributed by atoms with E-state index in [1.165, 1.54) is 25.1 Å². The Balaban J connectivity index is 2.49. The molecule has 104 valence electrons. The van der Waals surface area contributed by atoms with E-state index in [0.717, 1.165) is 12.1 Å². The van der Waals surface area contributed by atoms with Crippen LogP contribution in [0.1, 0.15) is 23.0 Å². The lowest BCUT2D eigenvalue weighted by molar-refractivity contribution is -0.137. The fraction of sp³-hybridized carbons (Fsp3) is 0.143. The van der Waals surface area contributed by atoms with Crippen molar-refractivity contribution in [3.8, 4) is 11.3 Å². The molecule has 1 aromatic heterocycles. The van der Waals surface area contributed by atoms with E-state index in [1.54, 1.807) is 0 Å². The van der Waals surface area contributed by atoms with Crippen LogP contribution in [0.4, 0.5) is 17.6 Å². The minimum atomic E-state index is -4.60. The monoisotopic (exact) mass is 283 g/mol. The lowest BCUT2D eigenvalue weighted by Gasteiger charge is -2.09. The fourth-order valence-electron chi connectivity index (χ4n) is 1.68. The van der Waals surface area contributed by atoms with Crippen LogP contribution >= 0.6 is 0 Å². The number of nitrogens with zero attached hydrogens (tertiary/aromatic N) is 1. The van der Waals surface area contributed by atoms with Crippen LogP contribution in [0.5, 0.6) is 0 Å². The van der Waals surface area contributed by atoms with Gasteiger partial charge >= 0.3 is 6.18 Å². The van der Waals surface area contributed by atoms with Crippen molar-refractivity contribution in [2.24, 2.45) is 0 Å². The number of pyridine rings is 1. The number of Topliss-reactive ketones (excluding diaryl/α,β-unsaturated/α-hetero) is 1. The topological polar surface area (TPSA) is 30.0 Å². The van der Waals surface area contributed by atoms with Gasteiger partial charge in [-0.05, 0) is 30.3 Å². The summed E-state index contributed by atoms with van der Waals surface area (Å²) in [4.78, 5) is 15.1. The third-order valence-corrected chi connectivity index (χ3v) is 2.68. The van der Waals surface area contributed by atoms with Crippen LogP contribution in [0.15, 0.2) is 36.4 Å². The minimum Gasteiger partial charge on any atom is -0.293 e. The zero-order valence-electron chi connectivity index (χ0n) is 10.3. The lowest BCUT2D eigenvalue weighted by Crippen LogP contribution is -2.06. The number of benzene rings is 1. The van der Waals surface area contributed by atoms with E-state index >= 15 is 0 Å². The Morgan fingerprint density at radius 3 is 2.40 bits per heavy atom. The Labute approximate surface area is 112 Å². The van der Waals surface area contributed by atoms with Gasteiger partial charge in [0, 0.05) is 12.5 Å². The zero-order valence-corrected chi connectivity index (χ0v) is 10.3. The van der Waals surface area contributed by atoms with Crippen LogP contribution in [-0.4, -0.2) is 10.8 Å². The van der Waals surface area contributed by atoms with E-state index in [-0.39, 0.29) is 22.7 Å². The fourth-order valence-corrected chi connectivity index (χ4v) is 1.68. The predicted molar refractivity (Wildman–Crippen MR) is 64.6 cm³/mol. The van der Waals surface area contributed by atoms with Crippen LogP contribution in [0.25, 0.3) is 11.3 Å². The van der Waals surface area contributed by atoms with Gasteiger partial charge in [0.1, 0.15) is 11.5 Å². The second kappa shape index (κ2) is 5.03. The van der Waals surface area contributed by atoms with Gasteiger partial charge in [-0.3, -0.25) is 4.79 Å². The van der Waals surface area contributed by atoms with Crippen LogP contribution in [0.2, 0.25) is 0 Å². The number of rotatable bonds is 2. The summed E-state index contributed by atoms with van der Waals surface area (Å²) in [5.41, 5.74) is -0.909. The van der Waals surface area contributed by atoms with E-state index in [4.69, 9.17) is 0 Å². The third kappa shape index (κ3) is 2.84. The number of ketones is 1. The molecule has 0 radical (unpaired) electrons. The number of hydrogen-bond donors (Lipinski definition) is 0. The van der Waals surface area contributed by atoms with Crippen molar-refractivity contribution >= 4 is 5.78 Å². The molecule has 0 saturated carbocycles. The molecule has 2 aromatic rings. The van der Waals surface area contributed by atoms with Crippen molar-refractivity contribution in [3.05, 3.63) is 53.5 Å². The normalized spacial score (nSPS) is 11.4. The molecule has 0 aliphatic heterocycles. The average molecular weight is 283 g/mol. The van der Waals surface area contributed by atoms with Crippen LogP contribution in [0.3, 0.4) is 0 Å². The SMILES string of the molecule is CC(=O)c1cccc(-c2ccc(C(F)(F)F)cc2F)n1. The van der Waals surface area contributed by atoms with Crippen LogP contribution in [0, 0.1) is 5.82 Å². The van der Waals surface area contributed by atoms with Crippen molar-refractivity contribution in [1.29, 1.82) is 0 Å². The molecule has 0 atom stereocenters. The number of carbonyl (C=O) groups is 1. The smallest absolute Gasteiger partial charge is 0.293 e. The first-order chi connectivity index (χ1) is 9.29. The quantitative estimate of drug-likeness (QED) is 0.613. The number of hydrogen-bond acceptors (Lipinski definition) is 2. The second-order valence-electron chi connectivity index (χ2n) is 4.16. The molecule has 20 heavy (non-hydrogen) atoms. The molecule has 6 heteroatoms. The maximum Gasteiger partial charge on any atom is 0.416 e. The highest BCUT2D eigenvalue weighted by molar-refractivity contribution is 5.92. The first-order valence-electron chi connectivity index (χ1n) is 5.64. The van der Waals surface area contributed by atoms with Gasteiger partial charge in [0.15, 0.2) is 5.78 Å². The second-order valence-corrected chi connectivity index (χ2v) is 4.16. The Hall–Kier alpha value is -2.24. The van der Waals surface area contributed by atoms with Crippen molar-refractivity contribution in [2.75, 3.05) is 0 Å². The molecular weight excluding hydrogens is 274 g/mol. The summed E-state index contributed by atoms with van der Waals surface area (Å²) in [6.45, 7) is 1.30. The van der Waals surface area contributed by atoms with Gasteiger partial charge in [-0.2, -0.15) is 13.2 Å². The number of alkyl halides is 3. The minimum absolute atomic E-state index is 0.0823. The largest absolute Gasteiger partial charge is 0.416 e. The standard InChI is InChI=1S/C14H9F4NO/c1-8(20)12-3-2-4-13(19-12)10-6-5-9(7-11(10)15)14(16,17)18/h2-7H,1H3. The zero-order chi connectivity index (χ0) is 14.9. The summed E-state index contributed by atoms with van der Waals surface area (Å²) in [7, 11) is 0. The molecule has 0 unspecified atom stereocenters. The molecule has 0 amide bonds. The molecule has 1 heterocycles. The van der Waals surface area contributed by atoms with Crippen LogP contribution < -0.4 is 0 Å². The molecule has 0 aliphatic carbocycles. The van der Waals surface area contributed by atoms with Gasteiger partial charge in [0.2, 0.25) is 0 Å². The van der Waals surface area contributed by atoms with Crippen molar-refractivity contribution in [3.63, 3.8) is 0 Å². The molecule has 0 aliphatic rings. The highest BCUT2D eigenvalue weighted by Crippen LogP contribution is 2.32. The van der Waals surface area contributed by atoms with Gasteiger partial charge in [-0.15, -0.1) is 0 Å². The Morgan fingerprint density at radius 1 is 1.15 bits per heavy atom. The van der Waals surface area contributed by atoms with Gasteiger partial charge in [-0.1, -0.05) is 6.07 Å². The summed E-state index contributed by atoms with van der Waals surface area (Å²) in [6, 6.07) is 6.57. The van der Waals surface area contributed by atoms with Gasteiger partial charge in [-0.25, -0.2) is 9.37 Å². The first kappa shape index (κ1) is 14.2. The van der Waals surface area contributed by atoms with Gasteiger partial charge in [0.25, 0.3) is 0 Å². The van der Waals surface area contributed by atoms with Crippen molar-refractivity contribution in [1.82, 2.24) is 4.98 Å². The summed E-state index contributed by atoms with van der Waals surface area (Å²) < 4.78 is 51.1. The highest BCUT2D eigenvalue weighted by atomic mass is 19.4. The summed E-state index contributed by atoms with van der Waals surface area (Å²) in [5.74, 6) is -1.34. The molecule has 2 rings (SSSR count). The molecular formula is C14H9F4NO. The number of halogens is 4. The third-order valence-electron chi connectivity index (χ3n) is 2.68. The van der Waals surface area contributed by atoms with Gasteiger partial charge in [0.05, 0.1) is 11.3 Å². The maximum absolute atomic E-state index is 13.8. The molecule has 1 aromatic carbocycles. The summed E-state index contributed by atoms with van der Waals surface area (Å²) in [5, 5.41) is 0. The Kier molecular flexibility index (Phi) is 3.57. The van der Waals surface area contributed by atoms with Gasteiger partial charge < -0.3 is 0 Å². The highest BCUT2D eigenvalue weighted by Gasteiger charge is 2.31. The van der Waals surface area contributed by atoms with Crippen molar-refractivity contribution < 1.29 is 22.4 Å². The first-order valence-corrected chi connectivity index (χ1v) is 5.64. The molecule has 0 saturated heterocycles. The predicted octanol–water partition coefficient (Wildman–Crippen LogP) is 4.11. The van der Waals surface area contributed by atoms with E-state index in [0.29, 0.717) is 6.07 Å². The van der Waals surface area contributed by atoms with Crippen LogP contribution in [-0.2, 0) is 6.18 Å². The van der Waals surface area contributed by atoms with E-state index in [2.05, 4.69) is 4.98 Å².